The standard InChI is InChI=1S/C21H34ClNO2/c1-13(2)18-10-19(22)15(4)9-21(18)25-12-17(24)11-23-20-8-6-7-14(3)16(20)5/h9-10,13-14,16-17,20,23-24H,6-8,11-12H2,1-5H3/t14-,16-,17-,20-/m1/s1. The zero-order valence-electron chi connectivity index (χ0n) is 16.3. The average Bonchev–Trinajstić information content (AvgIpc) is 2.56. The lowest BCUT2D eigenvalue weighted by molar-refractivity contribution is 0.0941. The third-order valence-electron chi connectivity index (χ3n) is 5.67. The molecule has 0 unspecified atom stereocenters. The zero-order valence-corrected chi connectivity index (χ0v) is 17.1. The van der Waals surface area contributed by atoms with Crippen LogP contribution in [-0.4, -0.2) is 30.4 Å². The van der Waals surface area contributed by atoms with Crippen molar-refractivity contribution < 1.29 is 9.84 Å². The van der Waals surface area contributed by atoms with E-state index in [4.69, 9.17) is 16.3 Å². The second kappa shape index (κ2) is 9.25. The van der Waals surface area contributed by atoms with Gasteiger partial charge in [0.15, 0.2) is 0 Å². The molecule has 1 saturated carbocycles. The highest BCUT2D eigenvalue weighted by molar-refractivity contribution is 6.31. The SMILES string of the molecule is Cc1cc(OC[C@H](O)CN[C@@H]2CCC[C@@H](C)[C@H]2C)c(C(C)C)cc1Cl. The van der Waals surface area contributed by atoms with E-state index in [1.54, 1.807) is 0 Å². The fourth-order valence-corrected chi connectivity index (χ4v) is 3.82. The molecule has 25 heavy (non-hydrogen) atoms. The highest BCUT2D eigenvalue weighted by Gasteiger charge is 2.27. The van der Waals surface area contributed by atoms with Crippen molar-refractivity contribution in [3.8, 4) is 5.75 Å². The minimum atomic E-state index is -0.513. The number of hydrogen-bond donors (Lipinski definition) is 2. The van der Waals surface area contributed by atoms with Crippen molar-refractivity contribution in [3.63, 3.8) is 0 Å². The molecule has 0 bridgehead atoms. The van der Waals surface area contributed by atoms with Gasteiger partial charge in [-0.05, 0) is 54.4 Å². The normalized spacial score (nSPS) is 25.2. The van der Waals surface area contributed by atoms with Crippen LogP contribution in [0.25, 0.3) is 0 Å². The first-order valence-corrected chi connectivity index (χ1v) is 10.0. The Hall–Kier alpha value is -0.770. The van der Waals surface area contributed by atoms with E-state index in [0.717, 1.165) is 27.8 Å². The molecule has 1 aliphatic carbocycles. The highest BCUT2D eigenvalue weighted by Crippen LogP contribution is 2.32. The lowest BCUT2D eigenvalue weighted by Gasteiger charge is -2.35. The van der Waals surface area contributed by atoms with Gasteiger partial charge in [0.25, 0.3) is 0 Å². The summed E-state index contributed by atoms with van der Waals surface area (Å²) in [5.41, 5.74) is 2.09. The average molecular weight is 368 g/mol. The molecule has 0 amide bonds. The summed E-state index contributed by atoms with van der Waals surface area (Å²) in [4.78, 5) is 0. The lowest BCUT2D eigenvalue weighted by atomic mass is 9.78. The van der Waals surface area contributed by atoms with E-state index < -0.39 is 6.10 Å². The summed E-state index contributed by atoms with van der Waals surface area (Å²) in [7, 11) is 0. The quantitative estimate of drug-likeness (QED) is 0.718. The lowest BCUT2D eigenvalue weighted by Crippen LogP contribution is -2.44. The first kappa shape index (κ1) is 20.5. The number of nitrogens with one attached hydrogen (secondary N) is 1. The van der Waals surface area contributed by atoms with E-state index in [0.29, 0.717) is 31.0 Å². The van der Waals surface area contributed by atoms with E-state index in [-0.39, 0.29) is 0 Å². The van der Waals surface area contributed by atoms with Crippen molar-refractivity contribution in [2.24, 2.45) is 11.8 Å². The van der Waals surface area contributed by atoms with Gasteiger partial charge in [0.1, 0.15) is 18.5 Å². The Labute approximate surface area is 158 Å². The molecule has 0 radical (unpaired) electrons. The summed E-state index contributed by atoms with van der Waals surface area (Å²) in [5, 5.41) is 14.6. The summed E-state index contributed by atoms with van der Waals surface area (Å²) in [5.74, 6) is 2.57. The maximum atomic E-state index is 10.3. The van der Waals surface area contributed by atoms with Crippen LogP contribution in [0.3, 0.4) is 0 Å². The predicted molar refractivity (Wildman–Crippen MR) is 106 cm³/mol. The smallest absolute Gasteiger partial charge is 0.123 e. The van der Waals surface area contributed by atoms with E-state index in [1.165, 1.54) is 19.3 Å². The number of benzene rings is 1. The van der Waals surface area contributed by atoms with Crippen LogP contribution in [0, 0.1) is 18.8 Å². The van der Waals surface area contributed by atoms with Gasteiger partial charge in [0.2, 0.25) is 0 Å². The molecule has 1 fully saturated rings. The Morgan fingerprint density at radius 2 is 2.00 bits per heavy atom. The van der Waals surface area contributed by atoms with E-state index >= 15 is 0 Å². The second-order valence-corrected chi connectivity index (χ2v) is 8.45. The molecule has 0 saturated heterocycles. The first-order chi connectivity index (χ1) is 11.8. The van der Waals surface area contributed by atoms with Crippen LogP contribution >= 0.6 is 11.6 Å². The van der Waals surface area contributed by atoms with Crippen molar-refractivity contribution >= 4 is 11.6 Å². The first-order valence-electron chi connectivity index (χ1n) is 9.63. The van der Waals surface area contributed by atoms with Crippen molar-refractivity contribution in [1.82, 2.24) is 5.32 Å². The van der Waals surface area contributed by atoms with Crippen molar-refractivity contribution in [1.29, 1.82) is 0 Å². The Morgan fingerprint density at radius 3 is 2.68 bits per heavy atom. The molecular weight excluding hydrogens is 334 g/mol. The van der Waals surface area contributed by atoms with Crippen LogP contribution in [0.2, 0.25) is 5.02 Å². The maximum Gasteiger partial charge on any atom is 0.123 e. The minimum absolute atomic E-state index is 0.296. The molecule has 0 aromatic heterocycles. The van der Waals surface area contributed by atoms with Gasteiger partial charge in [0.05, 0.1) is 0 Å². The van der Waals surface area contributed by atoms with E-state index in [9.17, 15) is 5.11 Å². The molecular formula is C21H34ClNO2. The van der Waals surface area contributed by atoms with Gasteiger partial charge >= 0.3 is 0 Å². The minimum Gasteiger partial charge on any atom is -0.491 e. The highest BCUT2D eigenvalue weighted by atomic mass is 35.5. The molecule has 2 N–H and O–H groups in total. The van der Waals surface area contributed by atoms with Crippen molar-refractivity contribution in [2.75, 3.05) is 13.2 Å². The number of ether oxygens (including phenoxy) is 1. The van der Waals surface area contributed by atoms with Gasteiger partial charge in [-0.15, -0.1) is 0 Å². The monoisotopic (exact) mass is 367 g/mol. The molecule has 0 aliphatic heterocycles. The Balaban J connectivity index is 1.87. The number of rotatable bonds is 7. The van der Waals surface area contributed by atoms with Crippen molar-refractivity contribution in [2.45, 2.75) is 71.9 Å². The molecule has 2 rings (SSSR count). The third kappa shape index (κ3) is 5.60. The van der Waals surface area contributed by atoms with Crippen LogP contribution < -0.4 is 10.1 Å². The van der Waals surface area contributed by atoms with E-state index in [1.807, 2.05) is 19.1 Å². The predicted octanol–water partition coefficient (Wildman–Crippen LogP) is 4.93. The van der Waals surface area contributed by atoms with Crippen LogP contribution in [0.1, 0.15) is 64.0 Å². The Morgan fingerprint density at radius 1 is 1.28 bits per heavy atom. The van der Waals surface area contributed by atoms with Crippen LogP contribution in [0.4, 0.5) is 0 Å². The summed E-state index contributed by atoms with van der Waals surface area (Å²) in [6, 6.07) is 4.46. The van der Waals surface area contributed by atoms with Crippen molar-refractivity contribution in [3.05, 3.63) is 28.3 Å². The largest absolute Gasteiger partial charge is 0.491 e. The summed E-state index contributed by atoms with van der Waals surface area (Å²) < 4.78 is 5.94. The summed E-state index contributed by atoms with van der Waals surface area (Å²) in [6.07, 6.45) is 3.28. The molecule has 142 valence electrons. The van der Waals surface area contributed by atoms with Gasteiger partial charge in [-0.25, -0.2) is 0 Å². The molecule has 3 nitrogen and oxygen atoms in total. The molecule has 0 heterocycles. The van der Waals surface area contributed by atoms with Gasteiger partial charge in [-0.1, -0.05) is 52.1 Å². The Bertz CT molecular complexity index is 561. The Kier molecular flexibility index (Phi) is 7.60. The van der Waals surface area contributed by atoms with Gasteiger partial charge in [-0.3, -0.25) is 0 Å². The fraction of sp³-hybridized carbons (Fsp3) is 0.714. The summed E-state index contributed by atoms with van der Waals surface area (Å²) >= 11 is 6.24. The molecule has 4 atom stereocenters. The fourth-order valence-electron chi connectivity index (χ4n) is 3.65. The number of hydrogen-bond acceptors (Lipinski definition) is 3. The zero-order chi connectivity index (χ0) is 18.6. The van der Waals surface area contributed by atoms with E-state index in [2.05, 4.69) is 33.0 Å². The molecule has 4 heteroatoms. The molecule has 1 aromatic rings. The number of aryl methyl sites for hydroxylation is 1. The van der Waals surface area contributed by atoms with Gasteiger partial charge in [0, 0.05) is 17.6 Å². The van der Waals surface area contributed by atoms with Crippen LogP contribution in [0.5, 0.6) is 5.75 Å². The second-order valence-electron chi connectivity index (χ2n) is 8.04. The third-order valence-corrected chi connectivity index (χ3v) is 6.07. The topological polar surface area (TPSA) is 41.5 Å². The molecule has 1 aromatic carbocycles. The number of halogens is 1. The molecule has 0 spiro atoms. The number of aliphatic hydroxyl groups excluding tert-OH is 1. The van der Waals surface area contributed by atoms with Gasteiger partial charge in [-0.2, -0.15) is 0 Å². The molecule has 1 aliphatic rings. The summed E-state index contributed by atoms with van der Waals surface area (Å²) in [6.45, 7) is 11.7. The van der Waals surface area contributed by atoms with Crippen LogP contribution in [0.15, 0.2) is 12.1 Å². The maximum absolute atomic E-state index is 10.3. The number of aliphatic hydroxyl groups is 1. The van der Waals surface area contributed by atoms with Crippen LogP contribution in [-0.2, 0) is 0 Å². The van der Waals surface area contributed by atoms with Gasteiger partial charge < -0.3 is 15.2 Å².